The molecule has 1 unspecified atom stereocenters. The van der Waals surface area contributed by atoms with Crippen molar-refractivity contribution in [2.24, 2.45) is 0 Å². The molecule has 0 fully saturated rings. The Bertz CT molecular complexity index is 699. The number of carbonyl (C=O) groups excluding carboxylic acids is 1. The molecule has 21 heavy (non-hydrogen) atoms. The highest BCUT2D eigenvalue weighted by molar-refractivity contribution is 5.94. The third kappa shape index (κ3) is 2.37. The fourth-order valence-corrected chi connectivity index (χ4v) is 2.94. The van der Waals surface area contributed by atoms with E-state index in [1.807, 2.05) is 12.1 Å². The summed E-state index contributed by atoms with van der Waals surface area (Å²) in [5.41, 5.74) is 8.30. The summed E-state index contributed by atoms with van der Waals surface area (Å²) in [6.45, 7) is 0. The van der Waals surface area contributed by atoms with E-state index in [0.717, 1.165) is 12.8 Å². The van der Waals surface area contributed by atoms with Crippen LogP contribution in [0.5, 0.6) is 0 Å². The van der Waals surface area contributed by atoms with Gasteiger partial charge in [-0.05, 0) is 42.2 Å². The molecule has 2 aromatic carbocycles. The van der Waals surface area contributed by atoms with Crippen molar-refractivity contribution in [1.82, 2.24) is 4.90 Å². The molecule has 2 aromatic rings. The van der Waals surface area contributed by atoms with Crippen LogP contribution in [0.4, 0.5) is 10.1 Å². The van der Waals surface area contributed by atoms with Crippen LogP contribution in [-0.4, -0.2) is 17.9 Å². The van der Waals surface area contributed by atoms with Gasteiger partial charge in [-0.3, -0.25) is 4.79 Å². The second-order valence-electron chi connectivity index (χ2n) is 5.41. The first-order chi connectivity index (χ1) is 10.1. The Labute approximate surface area is 123 Å². The zero-order valence-corrected chi connectivity index (χ0v) is 11.8. The van der Waals surface area contributed by atoms with Crippen LogP contribution in [0.3, 0.4) is 0 Å². The molecule has 3 rings (SSSR count). The SMILES string of the molecule is CN(C(=O)c1ccc(N)c(F)c1)C1CCc2ccccc21. The molecule has 1 atom stereocenters. The summed E-state index contributed by atoms with van der Waals surface area (Å²) in [7, 11) is 1.77. The normalized spacial score (nSPS) is 16.6. The summed E-state index contributed by atoms with van der Waals surface area (Å²) in [4.78, 5) is 14.2. The Hall–Kier alpha value is -2.36. The van der Waals surface area contributed by atoms with Crippen molar-refractivity contribution in [1.29, 1.82) is 0 Å². The Morgan fingerprint density at radius 3 is 2.81 bits per heavy atom. The molecule has 0 spiro atoms. The molecule has 1 aliphatic carbocycles. The van der Waals surface area contributed by atoms with Crippen molar-refractivity contribution < 1.29 is 9.18 Å². The van der Waals surface area contributed by atoms with Crippen LogP contribution in [0.1, 0.15) is 33.9 Å². The number of carbonyl (C=O) groups is 1. The fourth-order valence-electron chi connectivity index (χ4n) is 2.94. The lowest BCUT2D eigenvalue weighted by Crippen LogP contribution is -2.30. The quantitative estimate of drug-likeness (QED) is 0.861. The lowest BCUT2D eigenvalue weighted by Gasteiger charge is -2.25. The highest BCUT2D eigenvalue weighted by Gasteiger charge is 2.28. The Morgan fingerprint density at radius 1 is 1.29 bits per heavy atom. The molecule has 2 N–H and O–H groups in total. The summed E-state index contributed by atoms with van der Waals surface area (Å²) in [5.74, 6) is -0.739. The van der Waals surface area contributed by atoms with Crippen molar-refractivity contribution in [3.8, 4) is 0 Å². The number of nitrogens with two attached hydrogens (primary N) is 1. The molecule has 0 saturated heterocycles. The fraction of sp³-hybridized carbons (Fsp3) is 0.235. The van der Waals surface area contributed by atoms with Gasteiger partial charge in [-0.25, -0.2) is 4.39 Å². The van der Waals surface area contributed by atoms with Crippen LogP contribution in [0, 0.1) is 5.82 Å². The molecular formula is C17H17FN2O. The number of rotatable bonds is 2. The van der Waals surface area contributed by atoms with E-state index < -0.39 is 5.82 Å². The van der Waals surface area contributed by atoms with Crippen LogP contribution in [0.25, 0.3) is 0 Å². The molecule has 0 radical (unpaired) electrons. The largest absolute Gasteiger partial charge is 0.396 e. The maximum Gasteiger partial charge on any atom is 0.254 e. The molecular weight excluding hydrogens is 267 g/mol. The number of hydrogen-bond acceptors (Lipinski definition) is 2. The van der Waals surface area contributed by atoms with Gasteiger partial charge in [0.05, 0.1) is 11.7 Å². The summed E-state index contributed by atoms with van der Waals surface area (Å²) in [6.07, 6.45) is 1.87. The van der Waals surface area contributed by atoms with E-state index in [2.05, 4.69) is 12.1 Å². The molecule has 0 aliphatic heterocycles. The number of fused-ring (bicyclic) bond motifs is 1. The van der Waals surface area contributed by atoms with Crippen molar-refractivity contribution >= 4 is 11.6 Å². The number of anilines is 1. The van der Waals surface area contributed by atoms with Crippen LogP contribution < -0.4 is 5.73 Å². The van der Waals surface area contributed by atoms with E-state index in [4.69, 9.17) is 5.73 Å². The van der Waals surface area contributed by atoms with Crippen LogP contribution in [0.2, 0.25) is 0 Å². The Kier molecular flexibility index (Phi) is 3.37. The number of nitrogen functional groups attached to an aromatic ring is 1. The van der Waals surface area contributed by atoms with Crippen LogP contribution in [0.15, 0.2) is 42.5 Å². The standard InChI is InChI=1S/C17H17FN2O/c1-20(16-9-7-11-4-2-3-5-13(11)16)17(21)12-6-8-15(19)14(18)10-12/h2-6,8,10,16H,7,9,19H2,1H3. The first kappa shape index (κ1) is 13.6. The second kappa shape index (κ2) is 5.20. The molecule has 1 amide bonds. The van der Waals surface area contributed by atoms with Crippen LogP contribution >= 0.6 is 0 Å². The summed E-state index contributed by atoms with van der Waals surface area (Å²) in [5, 5.41) is 0. The molecule has 3 nitrogen and oxygen atoms in total. The number of benzene rings is 2. The molecule has 108 valence electrons. The maximum absolute atomic E-state index is 13.5. The van der Waals surface area contributed by atoms with Crippen molar-refractivity contribution in [2.45, 2.75) is 18.9 Å². The van der Waals surface area contributed by atoms with Gasteiger partial charge in [0.2, 0.25) is 0 Å². The minimum absolute atomic E-state index is 0.0503. The highest BCUT2D eigenvalue weighted by Crippen LogP contribution is 2.35. The zero-order valence-electron chi connectivity index (χ0n) is 11.8. The first-order valence-electron chi connectivity index (χ1n) is 6.98. The molecule has 0 bridgehead atoms. The van der Waals surface area contributed by atoms with Gasteiger partial charge in [-0.1, -0.05) is 24.3 Å². The van der Waals surface area contributed by atoms with Gasteiger partial charge in [-0.15, -0.1) is 0 Å². The van der Waals surface area contributed by atoms with Gasteiger partial charge >= 0.3 is 0 Å². The minimum atomic E-state index is -0.555. The van der Waals surface area contributed by atoms with E-state index in [-0.39, 0.29) is 17.6 Å². The maximum atomic E-state index is 13.5. The Morgan fingerprint density at radius 2 is 2.05 bits per heavy atom. The van der Waals surface area contributed by atoms with E-state index in [0.29, 0.717) is 5.56 Å². The topological polar surface area (TPSA) is 46.3 Å². The third-order valence-electron chi connectivity index (χ3n) is 4.14. The first-order valence-corrected chi connectivity index (χ1v) is 6.98. The molecule has 0 aromatic heterocycles. The predicted molar refractivity (Wildman–Crippen MR) is 80.4 cm³/mol. The van der Waals surface area contributed by atoms with Crippen LogP contribution in [-0.2, 0) is 6.42 Å². The summed E-state index contributed by atoms with van der Waals surface area (Å²) in [6, 6.07) is 12.4. The monoisotopic (exact) mass is 284 g/mol. The summed E-state index contributed by atoms with van der Waals surface area (Å²) >= 11 is 0. The number of nitrogens with zero attached hydrogens (tertiary/aromatic N) is 1. The number of amides is 1. The molecule has 4 heteroatoms. The van der Waals surface area contributed by atoms with Gasteiger partial charge in [-0.2, -0.15) is 0 Å². The van der Waals surface area contributed by atoms with Gasteiger partial charge in [0.25, 0.3) is 5.91 Å². The third-order valence-corrected chi connectivity index (χ3v) is 4.14. The van der Waals surface area contributed by atoms with E-state index in [9.17, 15) is 9.18 Å². The number of hydrogen-bond donors (Lipinski definition) is 1. The zero-order chi connectivity index (χ0) is 15.0. The average Bonchev–Trinajstić information content (AvgIpc) is 2.92. The van der Waals surface area contributed by atoms with Gasteiger partial charge in [0.1, 0.15) is 5.82 Å². The lowest BCUT2D eigenvalue weighted by atomic mass is 10.1. The summed E-state index contributed by atoms with van der Waals surface area (Å²) < 4.78 is 13.5. The molecule has 0 heterocycles. The highest BCUT2D eigenvalue weighted by atomic mass is 19.1. The molecule has 0 saturated carbocycles. The number of halogens is 1. The van der Waals surface area contributed by atoms with Gasteiger partial charge in [0, 0.05) is 12.6 Å². The Balaban J connectivity index is 1.87. The predicted octanol–water partition coefficient (Wildman–Crippen LogP) is 3.17. The van der Waals surface area contributed by atoms with Crippen molar-refractivity contribution in [3.05, 3.63) is 65.0 Å². The smallest absolute Gasteiger partial charge is 0.254 e. The molecule has 1 aliphatic rings. The van der Waals surface area contributed by atoms with E-state index in [1.54, 1.807) is 18.0 Å². The van der Waals surface area contributed by atoms with Crippen molar-refractivity contribution in [2.75, 3.05) is 12.8 Å². The van der Waals surface area contributed by atoms with E-state index in [1.165, 1.54) is 23.3 Å². The van der Waals surface area contributed by atoms with Crippen molar-refractivity contribution in [3.63, 3.8) is 0 Å². The van der Waals surface area contributed by atoms with Gasteiger partial charge < -0.3 is 10.6 Å². The van der Waals surface area contributed by atoms with E-state index >= 15 is 0 Å². The lowest BCUT2D eigenvalue weighted by molar-refractivity contribution is 0.0730. The average molecular weight is 284 g/mol. The second-order valence-corrected chi connectivity index (χ2v) is 5.41. The minimum Gasteiger partial charge on any atom is -0.396 e. The van der Waals surface area contributed by atoms with Gasteiger partial charge in [0.15, 0.2) is 0 Å². The number of aryl methyl sites for hydroxylation is 1.